The summed E-state index contributed by atoms with van der Waals surface area (Å²) in [6, 6.07) is 7.66. The minimum absolute atomic E-state index is 0.113. The first-order valence-electron chi connectivity index (χ1n) is 9.00. The molecule has 134 valence electrons. The number of nitrogens with one attached hydrogen (secondary N) is 1. The fourth-order valence-corrected chi connectivity index (χ4v) is 3.06. The van der Waals surface area contributed by atoms with Crippen LogP contribution >= 0.6 is 0 Å². The van der Waals surface area contributed by atoms with Crippen molar-refractivity contribution in [3.05, 3.63) is 24.3 Å². The molecule has 0 aliphatic carbocycles. The second kappa shape index (κ2) is 8.92. The third-order valence-electron chi connectivity index (χ3n) is 4.55. The number of carbonyl (C=O) groups excluding carboxylic acids is 1. The molecule has 1 aromatic carbocycles. The molecule has 5 heteroatoms. The van der Waals surface area contributed by atoms with Crippen molar-refractivity contribution in [2.24, 2.45) is 5.92 Å². The molecule has 0 saturated carbocycles. The van der Waals surface area contributed by atoms with Crippen molar-refractivity contribution in [1.29, 1.82) is 0 Å². The van der Waals surface area contributed by atoms with Crippen LogP contribution in [-0.2, 0) is 4.79 Å². The van der Waals surface area contributed by atoms with Crippen molar-refractivity contribution in [1.82, 2.24) is 10.2 Å². The lowest BCUT2D eigenvalue weighted by Crippen LogP contribution is -2.50. The fraction of sp³-hybridized carbons (Fsp3) is 0.632. The number of hydrogen-bond donors (Lipinski definition) is 2. The first kappa shape index (κ1) is 18.6. The Morgan fingerprint density at radius 1 is 1.12 bits per heavy atom. The molecular weight excluding hydrogens is 302 g/mol. The van der Waals surface area contributed by atoms with Gasteiger partial charge in [0.25, 0.3) is 0 Å². The van der Waals surface area contributed by atoms with Crippen molar-refractivity contribution in [3.8, 4) is 5.75 Å². The summed E-state index contributed by atoms with van der Waals surface area (Å²) in [7, 11) is 0. The molecule has 1 aromatic rings. The van der Waals surface area contributed by atoms with E-state index in [1.54, 1.807) is 6.07 Å². The molecule has 1 fully saturated rings. The van der Waals surface area contributed by atoms with Gasteiger partial charge < -0.3 is 15.3 Å². The van der Waals surface area contributed by atoms with Crippen LogP contribution in [0.5, 0.6) is 5.75 Å². The smallest absolute Gasteiger partial charge is 0.234 e. The van der Waals surface area contributed by atoms with Crippen molar-refractivity contribution < 1.29 is 9.90 Å². The van der Waals surface area contributed by atoms with Gasteiger partial charge in [0.1, 0.15) is 5.75 Å². The fourth-order valence-electron chi connectivity index (χ4n) is 3.06. The first-order valence-corrected chi connectivity index (χ1v) is 9.00. The quantitative estimate of drug-likeness (QED) is 0.805. The van der Waals surface area contributed by atoms with Crippen LogP contribution in [0.2, 0.25) is 0 Å². The number of rotatable bonds is 7. The maximum absolute atomic E-state index is 12.2. The highest BCUT2D eigenvalue weighted by molar-refractivity contribution is 5.78. The number of phenolic OH excluding ortho intramolecular Hbond substituents is 1. The highest BCUT2D eigenvalue weighted by atomic mass is 16.3. The molecule has 0 spiro atoms. The normalized spacial score (nSPS) is 17.1. The molecule has 1 aliphatic rings. The van der Waals surface area contributed by atoms with E-state index in [0.29, 0.717) is 18.2 Å². The van der Waals surface area contributed by atoms with Crippen molar-refractivity contribution >= 4 is 11.6 Å². The molecule has 0 aromatic heterocycles. The maximum atomic E-state index is 12.2. The number of phenols is 1. The summed E-state index contributed by atoms with van der Waals surface area (Å²) in [6.07, 6.45) is 2.17. The Morgan fingerprint density at radius 2 is 1.79 bits per heavy atom. The lowest BCUT2D eigenvalue weighted by atomic mass is 10.0. The van der Waals surface area contributed by atoms with Crippen LogP contribution in [0.4, 0.5) is 5.69 Å². The lowest BCUT2D eigenvalue weighted by Gasteiger charge is -2.36. The van der Waals surface area contributed by atoms with Gasteiger partial charge in [0, 0.05) is 32.2 Å². The van der Waals surface area contributed by atoms with Gasteiger partial charge in [0.05, 0.1) is 12.2 Å². The van der Waals surface area contributed by atoms with Crippen LogP contribution in [0.3, 0.4) is 0 Å². The zero-order chi connectivity index (χ0) is 17.5. The van der Waals surface area contributed by atoms with E-state index in [1.807, 2.05) is 18.2 Å². The SMILES string of the molecule is CC(C)CC[C@@H](C)NC(=O)CN1CCN(c2ccccc2O)CC1. The Kier molecular flexibility index (Phi) is 6.91. The molecule has 1 saturated heterocycles. The van der Waals surface area contributed by atoms with Gasteiger partial charge in [0.2, 0.25) is 5.91 Å². The van der Waals surface area contributed by atoms with Crippen LogP contribution in [-0.4, -0.2) is 54.7 Å². The lowest BCUT2D eigenvalue weighted by molar-refractivity contribution is -0.123. The highest BCUT2D eigenvalue weighted by Crippen LogP contribution is 2.27. The molecule has 0 radical (unpaired) electrons. The number of hydrogen-bond acceptors (Lipinski definition) is 4. The predicted molar refractivity (Wildman–Crippen MR) is 98.4 cm³/mol. The van der Waals surface area contributed by atoms with E-state index in [0.717, 1.165) is 44.7 Å². The second-order valence-electron chi connectivity index (χ2n) is 7.19. The maximum Gasteiger partial charge on any atom is 0.234 e. The van der Waals surface area contributed by atoms with Gasteiger partial charge in [-0.2, -0.15) is 0 Å². The number of aromatic hydroxyl groups is 1. The van der Waals surface area contributed by atoms with Gasteiger partial charge in [-0.3, -0.25) is 9.69 Å². The van der Waals surface area contributed by atoms with Gasteiger partial charge in [-0.25, -0.2) is 0 Å². The third-order valence-corrected chi connectivity index (χ3v) is 4.55. The standard InChI is InChI=1S/C19H31N3O2/c1-15(2)8-9-16(3)20-19(24)14-21-10-12-22(13-11-21)17-6-4-5-7-18(17)23/h4-7,15-16,23H,8-14H2,1-3H3,(H,20,24)/t16-/m1/s1. The summed E-state index contributed by atoms with van der Waals surface area (Å²) in [6.45, 7) is 10.3. The van der Waals surface area contributed by atoms with E-state index in [4.69, 9.17) is 0 Å². The molecule has 2 N–H and O–H groups in total. The summed E-state index contributed by atoms with van der Waals surface area (Å²) in [5.41, 5.74) is 0.879. The van der Waals surface area contributed by atoms with E-state index in [2.05, 4.69) is 35.9 Å². The summed E-state index contributed by atoms with van der Waals surface area (Å²) >= 11 is 0. The van der Waals surface area contributed by atoms with Crippen LogP contribution in [0.25, 0.3) is 0 Å². The average Bonchev–Trinajstić information content (AvgIpc) is 2.54. The zero-order valence-corrected chi connectivity index (χ0v) is 15.2. The van der Waals surface area contributed by atoms with Crippen LogP contribution in [0.1, 0.15) is 33.6 Å². The number of anilines is 1. The largest absolute Gasteiger partial charge is 0.506 e. The summed E-state index contributed by atoms with van der Waals surface area (Å²) < 4.78 is 0. The molecule has 1 aliphatic heterocycles. The van der Waals surface area contributed by atoms with Crippen LogP contribution in [0.15, 0.2) is 24.3 Å². The van der Waals surface area contributed by atoms with Crippen molar-refractivity contribution in [2.75, 3.05) is 37.6 Å². The average molecular weight is 333 g/mol. The zero-order valence-electron chi connectivity index (χ0n) is 15.2. The van der Waals surface area contributed by atoms with Crippen molar-refractivity contribution in [2.45, 2.75) is 39.7 Å². The minimum atomic E-state index is 0.113. The summed E-state index contributed by atoms with van der Waals surface area (Å²) in [5, 5.41) is 13.0. The number of piperazine rings is 1. The van der Waals surface area contributed by atoms with E-state index in [1.165, 1.54) is 0 Å². The molecule has 1 heterocycles. The van der Waals surface area contributed by atoms with E-state index in [-0.39, 0.29) is 11.9 Å². The van der Waals surface area contributed by atoms with Crippen molar-refractivity contribution in [3.63, 3.8) is 0 Å². The van der Waals surface area contributed by atoms with Gasteiger partial charge >= 0.3 is 0 Å². The Balaban J connectivity index is 1.73. The van der Waals surface area contributed by atoms with Gasteiger partial charge in [0.15, 0.2) is 0 Å². The number of para-hydroxylation sites is 2. The number of carbonyl (C=O) groups is 1. The molecule has 5 nitrogen and oxygen atoms in total. The summed E-state index contributed by atoms with van der Waals surface area (Å²) in [4.78, 5) is 16.5. The Labute approximate surface area is 145 Å². The number of nitrogens with zero attached hydrogens (tertiary/aromatic N) is 2. The van der Waals surface area contributed by atoms with Crippen LogP contribution in [0, 0.1) is 5.92 Å². The van der Waals surface area contributed by atoms with E-state index >= 15 is 0 Å². The van der Waals surface area contributed by atoms with Gasteiger partial charge in [-0.1, -0.05) is 26.0 Å². The van der Waals surface area contributed by atoms with Gasteiger partial charge in [-0.15, -0.1) is 0 Å². The molecule has 2 rings (SSSR count). The highest BCUT2D eigenvalue weighted by Gasteiger charge is 2.21. The van der Waals surface area contributed by atoms with Crippen LogP contribution < -0.4 is 10.2 Å². The molecular formula is C19H31N3O2. The summed E-state index contributed by atoms with van der Waals surface area (Å²) in [5.74, 6) is 1.11. The number of amides is 1. The Bertz CT molecular complexity index is 525. The van der Waals surface area contributed by atoms with Gasteiger partial charge in [-0.05, 0) is 37.8 Å². The molecule has 0 unspecified atom stereocenters. The third kappa shape index (κ3) is 5.71. The molecule has 0 bridgehead atoms. The minimum Gasteiger partial charge on any atom is -0.506 e. The second-order valence-corrected chi connectivity index (χ2v) is 7.19. The van der Waals surface area contributed by atoms with E-state index < -0.39 is 0 Å². The molecule has 24 heavy (non-hydrogen) atoms. The molecule has 1 amide bonds. The number of benzene rings is 1. The topological polar surface area (TPSA) is 55.8 Å². The first-order chi connectivity index (χ1) is 11.5. The predicted octanol–water partition coefficient (Wildman–Crippen LogP) is 2.46. The Morgan fingerprint density at radius 3 is 2.42 bits per heavy atom. The van der Waals surface area contributed by atoms with E-state index in [9.17, 15) is 9.90 Å². The Hall–Kier alpha value is -1.75. The molecule has 1 atom stereocenters. The monoisotopic (exact) mass is 333 g/mol.